The molecule has 0 unspecified atom stereocenters. The van der Waals surface area contributed by atoms with Crippen molar-refractivity contribution in [3.05, 3.63) is 80.4 Å². The third kappa shape index (κ3) is 4.31. The molecule has 3 aromatic rings. The number of carbonyl (C=O) groups is 1. The monoisotopic (exact) mass is 396 g/mol. The summed E-state index contributed by atoms with van der Waals surface area (Å²) in [6.07, 6.45) is 3.04. The van der Waals surface area contributed by atoms with Crippen molar-refractivity contribution in [2.75, 3.05) is 10.6 Å². The van der Waals surface area contributed by atoms with Crippen LogP contribution in [0.1, 0.15) is 41.4 Å². The fourth-order valence-corrected chi connectivity index (χ4v) is 3.12. The second kappa shape index (κ2) is 8.64. The molecular weight excluding hydrogens is 372 g/mol. The number of nitrogens with zero attached hydrogens (tertiary/aromatic N) is 2. The van der Waals surface area contributed by atoms with Gasteiger partial charge in [0.05, 0.1) is 12.8 Å². The van der Waals surface area contributed by atoms with Crippen molar-refractivity contribution in [1.82, 2.24) is 9.55 Å². The first-order chi connectivity index (χ1) is 13.9. The number of rotatable bonds is 7. The molecule has 1 amide bonds. The van der Waals surface area contributed by atoms with Crippen LogP contribution in [-0.2, 0) is 13.1 Å². The molecule has 0 aliphatic heterocycles. The molecule has 0 saturated heterocycles. The van der Waals surface area contributed by atoms with Crippen LogP contribution in [-0.4, -0.2) is 15.5 Å². The molecule has 8 nitrogen and oxygen atoms in total. The van der Waals surface area contributed by atoms with E-state index in [1.807, 2.05) is 19.9 Å². The minimum absolute atomic E-state index is 0.000956. The fourth-order valence-electron chi connectivity index (χ4n) is 3.12. The van der Waals surface area contributed by atoms with Crippen LogP contribution in [0.3, 0.4) is 0 Å². The van der Waals surface area contributed by atoms with Crippen molar-refractivity contribution in [2.45, 2.75) is 39.8 Å². The van der Waals surface area contributed by atoms with Crippen LogP contribution >= 0.6 is 0 Å². The van der Waals surface area contributed by atoms with Crippen LogP contribution in [0.2, 0.25) is 0 Å². The summed E-state index contributed by atoms with van der Waals surface area (Å²) in [5, 5.41) is 0. The predicted molar refractivity (Wildman–Crippen MR) is 111 cm³/mol. The topological polar surface area (TPSA) is 114 Å². The van der Waals surface area contributed by atoms with Gasteiger partial charge in [-0.2, -0.15) is 0 Å². The number of aryl methyl sites for hydroxylation is 1. The number of unbranched alkanes of at least 4 members (excludes halogenated alkanes) is 1. The average molecular weight is 396 g/mol. The van der Waals surface area contributed by atoms with Crippen LogP contribution in [0.15, 0.2) is 56.7 Å². The molecule has 0 saturated carbocycles. The summed E-state index contributed by atoms with van der Waals surface area (Å²) >= 11 is 0. The van der Waals surface area contributed by atoms with E-state index in [4.69, 9.17) is 10.2 Å². The Morgan fingerprint density at radius 3 is 2.69 bits per heavy atom. The number of H-pyrrole nitrogens is 1. The number of furan rings is 1. The van der Waals surface area contributed by atoms with Crippen molar-refractivity contribution >= 4 is 17.4 Å². The van der Waals surface area contributed by atoms with E-state index < -0.39 is 17.2 Å². The molecule has 3 rings (SSSR count). The molecule has 29 heavy (non-hydrogen) atoms. The molecule has 0 atom stereocenters. The molecule has 8 heteroatoms. The zero-order valence-electron chi connectivity index (χ0n) is 16.5. The molecule has 3 N–H and O–H groups in total. The van der Waals surface area contributed by atoms with Gasteiger partial charge in [0.25, 0.3) is 11.5 Å². The minimum atomic E-state index is -0.715. The first-order valence-electron chi connectivity index (χ1n) is 9.46. The van der Waals surface area contributed by atoms with Crippen LogP contribution in [0.25, 0.3) is 0 Å². The zero-order chi connectivity index (χ0) is 21.0. The number of nitrogen functional groups attached to an aromatic ring is 1. The Kier molecular flexibility index (Phi) is 6.01. The quantitative estimate of drug-likeness (QED) is 0.637. The number of nitrogens with two attached hydrogens (primary N) is 1. The molecule has 0 aliphatic carbocycles. The molecule has 152 valence electrons. The first-order valence-corrected chi connectivity index (χ1v) is 9.46. The van der Waals surface area contributed by atoms with Crippen molar-refractivity contribution in [3.8, 4) is 0 Å². The van der Waals surface area contributed by atoms with Gasteiger partial charge in [0.15, 0.2) is 5.69 Å². The smallest absolute Gasteiger partial charge is 0.330 e. The van der Waals surface area contributed by atoms with E-state index in [0.717, 1.165) is 12.0 Å². The molecule has 0 bridgehead atoms. The van der Waals surface area contributed by atoms with Gasteiger partial charge in [-0.3, -0.25) is 24.0 Å². The third-order valence-electron chi connectivity index (χ3n) is 4.62. The first kappa shape index (κ1) is 20.2. The molecule has 2 aromatic heterocycles. The molecule has 0 fully saturated rings. The Bertz CT molecular complexity index is 1110. The highest BCUT2D eigenvalue weighted by atomic mass is 16.3. The molecule has 2 heterocycles. The van der Waals surface area contributed by atoms with Crippen LogP contribution in [0, 0.1) is 6.92 Å². The van der Waals surface area contributed by atoms with E-state index in [1.54, 1.807) is 30.3 Å². The van der Waals surface area contributed by atoms with E-state index in [2.05, 4.69) is 4.98 Å². The maximum atomic E-state index is 13.3. The second-order valence-corrected chi connectivity index (χ2v) is 6.84. The normalized spacial score (nSPS) is 10.8. The Morgan fingerprint density at radius 1 is 1.24 bits per heavy atom. The minimum Gasteiger partial charge on any atom is -0.467 e. The summed E-state index contributed by atoms with van der Waals surface area (Å²) in [5.74, 6) is 0.0267. The van der Waals surface area contributed by atoms with Gasteiger partial charge >= 0.3 is 5.69 Å². The average Bonchev–Trinajstić information content (AvgIpc) is 3.19. The van der Waals surface area contributed by atoms with Gasteiger partial charge in [-0.25, -0.2) is 4.79 Å². The lowest BCUT2D eigenvalue weighted by Gasteiger charge is -2.24. The van der Waals surface area contributed by atoms with E-state index in [9.17, 15) is 14.4 Å². The number of hydrogen-bond acceptors (Lipinski definition) is 5. The van der Waals surface area contributed by atoms with Gasteiger partial charge in [-0.05, 0) is 37.6 Å². The standard InChI is InChI=1S/C21H24N4O4/c1-3-4-10-24-18(22)17(19(26)23-21(24)28)25(13-16-9-6-11-29-16)20(27)15-8-5-7-14(2)12-15/h5-9,11-12H,3-4,10,13,22H2,1-2H3,(H,23,26,28). The number of carbonyl (C=O) groups excluding carboxylic acids is 1. The summed E-state index contributed by atoms with van der Waals surface area (Å²) in [6, 6.07) is 10.4. The van der Waals surface area contributed by atoms with E-state index in [-0.39, 0.29) is 18.1 Å². The summed E-state index contributed by atoms with van der Waals surface area (Å²) < 4.78 is 6.67. The van der Waals surface area contributed by atoms with Gasteiger partial charge in [0.1, 0.15) is 11.6 Å². The van der Waals surface area contributed by atoms with Crippen LogP contribution < -0.4 is 21.9 Å². The van der Waals surface area contributed by atoms with Crippen LogP contribution in [0.4, 0.5) is 11.5 Å². The SMILES string of the molecule is CCCCn1c(N)c(N(Cc2ccco2)C(=O)c2cccc(C)c2)c(=O)[nH]c1=O. The van der Waals surface area contributed by atoms with E-state index in [0.29, 0.717) is 24.3 Å². The number of benzene rings is 1. The number of anilines is 2. The Morgan fingerprint density at radius 2 is 2.03 bits per heavy atom. The predicted octanol–water partition coefficient (Wildman–Crippen LogP) is 2.67. The second-order valence-electron chi connectivity index (χ2n) is 6.84. The Labute approximate surface area is 167 Å². The number of hydrogen-bond donors (Lipinski definition) is 2. The van der Waals surface area contributed by atoms with Gasteiger partial charge in [0.2, 0.25) is 0 Å². The molecule has 0 aliphatic rings. The summed E-state index contributed by atoms with van der Waals surface area (Å²) in [5.41, 5.74) is 6.16. The summed E-state index contributed by atoms with van der Waals surface area (Å²) in [6.45, 7) is 4.20. The van der Waals surface area contributed by atoms with Crippen molar-refractivity contribution in [3.63, 3.8) is 0 Å². The summed E-state index contributed by atoms with van der Waals surface area (Å²) in [7, 11) is 0. The molecular formula is C21H24N4O4. The van der Waals surface area contributed by atoms with E-state index in [1.165, 1.54) is 15.7 Å². The molecule has 0 spiro atoms. The third-order valence-corrected chi connectivity index (χ3v) is 4.62. The fraction of sp³-hybridized carbons (Fsp3) is 0.286. The van der Waals surface area contributed by atoms with Gasteiger partial charge in [-0.15, -0.1) is 0 Å². The Balaban J connectivity index is 2.15. The van der Waals surface area contributed by atoms with Gasteiger partial charge in [-0.1, -0.05) is 31.0 Å². The summed E-state index contributed by atoms with van der Waals surface area (Å²) in [4.78, 5) is 41.8. The highest BCUT2D eigenvalue weighted by Gasteiger charge is 2.26. The van der Waals surface area contributed by atoms with Crippen molar-refractivity contribution in [1.29, 1.82) is 0 Å². The highest BCUT2D eigenvalue weighted by Crippen LogP contribution is 2.23. The maximum absolute atomic E-state index is 13.3. The van der Waals surface area contributed by atoms with Gasteiger partial charge in [0, 0.05) is 12.1 Å². The van der Waals surface area contributed by atoms with Crippen LogP contribution in [0.5, 0.6) is 0 Å². The lowest BCUT2D eigenvalue weighted by Crippen LogP contribution is -2.41. The maximum Gasteiger partial charge on any atom is 0.330 e. The van der Waals surface area contributed by atoms with Crippen molar-refractivity contribution in [2.24, 2.45) is 0 Å². The number of aromatic nitrogens is 2. The van der Waals surface area contributed by atoms with E-state index >= 15 is 0 Å². The largest absolute Gasteiger partial charge is 0.467 e. The van der Waals surface area contributed by atoms with Gasteiger partial charge < -0.3 is 10.2 Å². The number of aromatic amines is 1. The number of amides is 1. The highest BCUT2D eigenvalue weighted by molar-refractivity contribution is 6.07. The lowest BCUT2D eigenvalue weighted by atomic mass is 10.1. The Hall–Kier alpha value is -3.55. The zero-order valence-corrected chi connectivity index (χ0v) is 16.5. The lowest BCUT2D eigenvalue weighted by molar-refractivity contribution is 0.0982. The van der Waals surface area contributed by atoms with Crippen molar-refractivity contribution < 1.29 is 9.21 Å². The molecule has 1 aromatic carbocycles. The molecule has 0 radical (unpaired) electrons. The number of nitrogens with one attached hydrogen (secondary N) is 1.